The van der Waals surface area contributed by atoms with Crippen LogP contribution in [0.15, 0.2) is 0 Å². The number of carbonyl (C=O) groups is 1. The first kappa shape index (κ1) is 17.4. The van der Waals surface area contributed by atoms with E-state index >= 15 is 0 Å². The molecule has 1 saturated carbocycles. The van der Waals surface area contributed by atoms with Crippen molar-refractivity contribution in [1.29, 1.82) is 0 Å². The van der Waals surface area contributed by atoms with Crippen molar-refractivity contribution < 1.29 is 20.1 Å². The van der Waals surface area contributed by atoms with E-state index < -0.39 is 29.6 Å². The molecule has 1 fully saturated rings. The van der Waals surface area contributed by atoms with Crippen molar-refractivity contribution in [1.82, 2.24) is 0 Å². The van der Waals surface area contributed by atoms with Crippen LogP contribution < -0.4 is 5.73 Å². The molecule has 3 atom stereocenters. The fourth-order valence-corrected chi connectivity index (χ4v) is 3.07. The lowest BCUT2D eigenvalue weighted by molar-refractivity contribution is -0.152. The van der Waals surface area contributed by atoms with Crippen LogP contribution in [0.2, 0.25) is 0 Å². The average molecular weight is 287 g/mol. The van der Waals surface area contributed by atoms with Crippen molar-refractivity contribution in [3.63, 3.8) is 0 Å². The Hall–Kier alpha value is -0.650. The minimum atomic E-state index is -1.36. The molecule has 0 bridgehead atoms. The molecule has 0 heterocycles. The van der Waals surface area contributed by atoms with Gasteiger partial charge in [0.15, 0.2) is 0 Å². The Kier molecular flexibility index (Phi) is 6.43. The van der Waals surface area contributed by atoms with Gasteiger partial charge < -0.3 is 21.1 Å². The van der Waals surface area contributed by atoms with E-state index in [2.05, 4.69) is 0 Å². The van der Waals surface area contributed by atoms with Gasteiger partial charge in [-0.05, 0) is 32.6 Å². The highest BCUT2D eigenvalue weighted by Crippen LogP contribution is 2.29. The van der Waals surface area contributed by atoms with Gasteiger partial charge in [-0.3, -0.25) is 4.79 Å². The summed E-state index contributed by atoms with van der Waals surface area (Å²) >= 11 is 0. The van der Waals surface area contributed by atoms with Crippen molar-refractivity contribution in [3.05, 3.63) is 0 Å². The molecule has 0 aromatic rings. The van der Waals surface area contributed by atoms with Gasteiger partial charge in [0.25, 0.3) is 0 Å². The number of hydrogen-bond acceptors (Lipinski definition) is 4. The second-order valence-corrected chi connectivity index (χ2v) is 6.75. The maximum absolute atomic E-state index is 11.2. The van der Waals surface area contributed by atoms with Gasteiger partial charge in [0.2, 0.25) is 0 Å². The van der Waals surface area contributed by atoms with Gasteiger partial charge in [-0.2, -0.15) is 0 Å². The molecule has 1 aliphatic rings. The first-order chi connectivity index (χ1) is 9.21. The molecule has 0 amide bonds. The summed E-state index contributed by atoms with van der Waals surface area (Å²) < 4.78 is 0. The van der Waals surface area contributed by atoms with Gasteiger partial charge in [-0.15, -0.1) is 0 Å². The SMILES string of the molecule is CC(C)(O)[C@H](C[C@H](O)[C@@H](N)CC1CCCCC1)C(=O)O. The number of aliphatic carboxylic acids is 1. The van der Waals surface area contributed by atoms with Crippen molar-refractivity contribution in [2.75, 3.05) is 0 Å². The molecule has 20 heavy (non-hydrogen) atoms. The van der Waals surface area contributed by atoms with Crippen molar-refractivity contribution in [2.24, 2.45) is 17.6 Å². The van der Waals surface area contributed by atoms with Crippen LogP contribution in [0, 0.1) is 11.8 Å². The molecule has 0 spiro atoms. The van der Waals surface area contributed by atoms with Crippen LogP contribution >= 0.6 is 0 Å². The summed E-state index contributed by atoms with van der Waals surface area (Å²) in [7, 11) is 0. The summed E-state index contributed by atoms with van der Waals surface area (Å²) in [5.41, 5.74) is 4.65. The fraction of sp³-hybridized carbons (Fsp3) is 0.933. The predicted molar refractivity (Wildman–Crippen MR) is 77.2 cm³/mol. The molecule has 0 aliphatic heterocycles. The lowest BCUT2D eigenvalue weighted by Gasteiger charge is -2.31. The third-order valence-electron chi connectivity index (χ3n) is 4.45. The van der Waals surface area contributed by atoms with Gasteiger partial charge in [0, 0.05) is 6.04 Å². The normalized spacial score (nSPS) is 22.2. The van der Waals surface area contributed by atoms with Crippen molar-refractivity contribution in [3.8, 4) is 0 Å². The zero-order valence-corrected chi connectivity index (χ0v) is 12.6. The predicted octanol–water partition coefficient (Wildman–Crippen LogP) is 1.51. The molecule has 0 aromatic carbocycles. The van der Waals surface area contributed by atoms with E-state index in [4.69, 9.17) is 10.8 Å². The molecule has 0 unspecified atom stereocenters. The summed E-state index contributed by atoms with van der Waals surface area (Å²) in [4.78, 5) is 11.2. The Morgan fingerprint density at radius 3 is 2.30 bits per heavy atom. The van der Waals surface area contributed by atoms with Crippen LogP contribution in [-0.4, -0.2) is 39.0 Å². The van der Waals surface area contributed by atoms with Gasteiger partial charge >= 0.3 is 5.97 Å². The molecule has 5 N–H and O–H groups in total. The van der Waals surface area contributed by atoms with Crippen molar-refractivity contribution in [2.45, 2.75) is 76.5 Å². The number of nitrogens with two attached hydrogens (primary N) is 1. The molecule has 5 heteroatoms. The van der Waals surface area contributed by atoms with E-state index in [0.29, 0.717) is 5.92 Å². The Labute approximate surface area is 121 Å². The zero-order valence-electron chi connectivity index (χ0n) is 12.6. The summed E-state index contributed by atoms with van der Waals surface area (Å²) in [6.45, 7) is 2.90. The third kappa shape index (κ3) is 5.38. The van der Waals surface area contributed by atoms with Crippen LogP contribution in [0.4, 0.5) is 0 Å². The van der Waals surface area contributed by atoms with Gasteiger partial charge in [-0.25, -0.2) is 0 Å². The maximum atomic E-state index is 11.2. The van der Waals surface area contributed by atoms with E-state index in [1.807, 2.05) is 0 Å². The summed E-state index contributed by atoms with van der Waals surface area (Å²) in [5.74, 6) is -1.56. The Bertz CT molecular complexity index is 307. The second kappa shape index (κ2) is 7.38. The summed E-state index contributed by atoms with van der Waals surface area (Å²) in [6, 6.07) is -0.415. The quantitative estimate of drug-likeness (QED) is 0.568. The topological polar surface area (TPSA) is 104 Å². The average Bonchev–Trinajstić information content (AvgIpc) is 2.34. The first-order valence-electron chi connectivity index (χ1n) is 7.60. The number of carboxylic acids is 1. The van der Waals surface area contributed by atoms with E-state index in [9.17, 15) is 15.0 Å². The Morgan fingerprint density at radius 1 is 1.30 bits per heavy atom. The minimum absolute atomic E-state index is 0.00722. The molecule has 0 saturated heterocycles. The molecular weight excluding hydrogens is 258 g/mol. The van der Waals surface area contributed by atoms with E-state index in [0.717, 1.165) is 19.3 Å². The molecular formula is C15H29NO4. The van der Waals surface area contributed by atoms with Gasteiger partial charge in [0.1, 0.15) is 0 Å². The number of rotatable bonds is 7. The highest BCUT2D eigenvalue weighted by atomic mass is 16.4. The maximum Gasteiger partial charge on any atom is 0.309 e. The number of aliphatic hydroxyl groups excluding tert-OH is 1. The molecule has 0 aromatic heterocycles. The van der Waals surface area contributed by atoms with Gasteiger partial charge in [0.05, 0.1) is 17.6 Å². The van der Waals surface area contributed by atoms with Crippen LogP contribution in [0.5, 0.6) is 0 Å². The number of carboxylic acid groups (broad SMARTS) is 1. The highest BCUT2D eigenvalue weighted by Gasteiger charge is 2.36. The van der Waals surface area contributed by atoms with E-state index in [1.165, 1.54) is 33.1 Å². The zero-order chi connectivity index (χ0) is 15.3. The standard InChI is InChI=1S/C15H29NO4/c1-15(2,20)11(14(18)19)9-13(17)12(16)8-10-6-4-3-5-7-10/h10-13,17,20H,3-9,16H2,1-2H3,(H,18,19)/t11-,12+,13+/m1/s1. The third-order valence-corrected chi connectivity index (χ3v) is 4.45. The van der Waals surface area contributed by atoms with Crippen LogP contribution in [0.25, 0.3) is 0 Å². The summed E-state index contributed by atoms with van der Waals surface area (Å²) in [5, 5.41) is 29.1. The minimum Gasteiger partial charge on any atom is -0.481 e. The molecule has 1 aliphatic carbocycles. The first-order valence-corrected chi connectivity index (χ1v) is 7.60. The number of aliphatic hydroxyl groups is 2. The smallest absolute Gasteiger partial charge is 0.309 e. The monoisotopic (exact) mass is 287 g/mol. The fourth-order valence-electron chi connectivity index (χ4n) is 3.07. The van der Waals surface area contributed by atoms with E-state index in [-0.39, 0.29) is 6.42 Å². The Morgan fingerprint density at radius 2 is 1.85 bits per heavy atom. The lowest BCUT2D eigenvalue weighted by Crippen LogP contribution is -2.44. The lowest BCUT2D eigenvalue weighted by atomic mass is 9.80. The Balaban J connectivity index is 2.50. The molecule has 1 rings (SSSR count). The van der Waals surface area contributed by atoms with Crippen LogP contribution in [-0.2, 0) is 4.79 Å². The largest absolute Gasteiger partial charge is 0.481 e. The second-order valence-electron chi connectivity index (χ2n) is 6.75. The van der Waals surface area contributed by atoms with E-state index in [1.54, 1.807) is 0 Å². The highest BCUT2D eigenvalue weighted by molar-refractivity contribution is 5.71. The van der Waals surface area contributed by atoms with Crippen LogP contribution in [0.3, 0.4) is 0 Å². The summed E-state index contributed by atoms with van der Waals surface area (Å²) in [6.07, 6.45) is 5.84. The molecule has 5 nitrogen and oxygen atoms in total. The van der Waals surface area contributed by atoms with Gasteiger partial charge in [-0.1, -0.05) is 32.1 Å². The molecule has 0 radical (unpaired) electrons. The van der Waals surface area contributed by atoms with Crippen molar-refractivity contribution >= 4 is 5.97 Å². The molecule has 118 valence electrons. The van der Waals surface area contributed by atoms with Crippen LogP contribution in [0.1, 0.15) is 58.8 Å². The number of hydrogen-bond donors (Lipinski definition) is 4.